The first-order chi connectivity index (χ1) is 14.1. The number of aliphatic imine (C=N–C) groups is 1. The van der Waals surface area contributed by atoms with Crippen LogP contribution in [0.25, 0.3) is 0 Å². The number of nitrogens with zero attached hydrogens (tertiary/aromatic N) is 4. The van der Waals surface area contributed by atoms with Gasteiger partial charge >= 0.3 is 0 Å². The molecule has 3 rings (SSSR count). The fourth-order valence-corrected chi connectivity index (χ4v) is 4.44. The van der Waals surface area contributed by atoms with Gasteiger partial charge in [-0.2, -0.15) is 5.10 Å². The van der Waals surface area contributed by atoms with Gasteiger partial charge in [0.15, 0.2) is 5.96 Å². The summed E-state index contributed by atoms with van der Waals surface area (Å²) in [5, 5.41) is 12.0. The lowest BCUT2D eigenvalue weighted by Crippen LogP contribution is -2.45. The van der Waals surface area contributed by atoms with Gasteiger partial charge in [0, 0.05) is 44.4 Å². The van der Waals surface area contributed by atoms with Gasteiger partial charge < -0.3 is 10.6 Å². The number of guanidine groups is 1. The third-order valence-electron chi connectivity index (χ3n) is 5.65. The molecule has 2 heterocycles. The highest BCUT2D eigenvalue weighted by molar-refractivity contribution is 6.30. The van der Waals surface area contributed by atoms with Crippen molar-refractivity contribution in [1.82, 2.24) is 25.3 Å². The molecule has 0 spiro atoms. The molecule has 2 unspecified atom stereocenters. The second kappa shape index (κ2) is 10.6. The van der Waals surface area contributed by atoms with E-state index in [1.807, 2.05) is 37.1 Å². The Bertz CT molecular complexity index is 802. The van der Waals surface area contributed by atoms with Crippen LogP contribution in [0.4, 0.5) is 0 Å². The van der Waals surface area contributed by atoms with Crippen LogP contribution in [0.3, 0.4) is 0 Å². The number of halogens is 1. The van der Waals surface area contributed by atoms with Gasteiger partial charge in [-0.15, -0.1) is 0 Å². The van der Waals surface area contributed by atoms with Crippen molar-refractivity contribution in [1.29, 1.82) is 0 Å². The third kappa shape index (κ3) is 6.21. The number of rotatable bonds is 7. The van der Waals surface area contributed by atoms with E-state index in [0.717, 1.165) is 43.5 Å². The Kier molecular flexibility index (Phi) is 7.95. The fraction of sp³-hybridized carbons (Fsp3) is 0.545. The molecule has 158 valence electrons. The average Bonchev–Trinajstić information content (AvgIpc) is 3.12. The molecule has 0 radical (unpaired) electrons. The minimum absolute atomic E-state index is 0.374. The maximum absolute atomic E-state index is 6.26. The second-order valence-electron chi connectivity index (χ2n) is 7.89. The van der Waals surface area contributed by atoms with E-state index < -0.39 is 0 Å². The van der Waals surface area contributed by atoms with Gasteiger partial charge in [-0.3, -0.25) is 14.6 Å². The Morgan fingerprint density at radius 1 is 1.31 bits per heavy atom. The van der Waals surface area contributed by atoms with E-state index in [4.69, 9.17) is 11.6 Å². The van der Waals surface area contributed by atoms with Crippen LogP contribution in [0.2, 0.25) is 5.02 Å². The summed E-state index contributed by atoms with van der Waals surface area (Å²) < 4.78 is 1.85. The molecule has 1 fully saturated rings. The van der Waals surface area contributed by atoms with Crippen molar-refractivity contribution < 1.29 is 0 Å². The zero-order chi connectivity index (χ0) is 20.6. The Hall–Kier alpha value is -2.05. The van der Waals surface area contributed by atoms with Crippen LogP contribution >= 0.6 is 11.6 Å². The smallest absolute Gasteiger partial charge is 0.190 e. The van der Waals surface area contributed by atoms with Gasteiger partial charge in [0.25, 0.3) is 0 Å². The molecule has 0 bridgehead atoms. The Morgan fingerprint density at radius 3 is 2.90 bits per heavy atom. The van der Waals surface area contributed by atoms with Gasteiger partial charge in [0.2, 0.25) is 0 Å². The van der Waals surface area contributed by atoms with Crippen molar-refractivity contribution in [3.05, 3.63) is 52.8 Å². The quantitative estimate of drug-likeness (QED) is 0.413. The monoisotopic (exact) mass is 416 g/mol. The van der Waals surface area contributed by atoms with Crippen molar-refractivity contribution >= 4 is 17.6 Å². The van der Waals surface area contributed by atoms with E-state index in [9.17, 15) is 0 Å². The minimum atomic E-state index is 0.374. The molecule has 2 aromatic rings. The van der Waals surface area contributed by atoms with Crippen molar-refractivity contribution in [2.45, 2.75) is 31.7 Å². The molecule has 0 amide bonds. The van der Waals surface area contributed by atoms with Crippen LogP contribution in [0, 0.1) is 5.92 Å². The highest BCUT2D eigenvalue weighted by Crippen LogP contribution is 2.35. The predicted octanol–water partition coefficient (Wildman–Crippen LogP) is 3.25. The van der Waals surface area contributed by atoms with E-state index >= 15 is 0 Å². The molecule has 1 aromatic carbocycles. The minimum Gasteiger partial charge on any atom is -0.356 e. The number of aromatic nitrogens is 2. The van der Waals surface area contributed by atoms with Crippen LogP contribution in [0.5, 0.6) is 0 Å². The van der Waals surface area contributed by atoms with Crippen molar-refractivity contribution in [2.24, 2.45) is 18.0 Å². The predicted molar refractivity (Wildman–Crippen MR) is 120 cm³/mol. The summed E-state index contributed by atoms with van der Waals surface area (Å²) in [6.07, 6.45) is 8.49. The number of benzene rings is 1. The third-order valence-corrected chi connectivity index (χ3v) is 5.88. The van der Waals surface area contributed by atoms with Crippen LogP contribution in [0.1, 0.15) is 36.4 Å². The molecule has 1 aliphatic rings. The van der Waals surface area contributed by atoms with Crippen molar-refractivity contribution in [2.75, 3.05) is 33.7 Å². The van der Waals surface area contributed by atoms with E-state index in [1.165, 1.54) is 24.0 Å². The lowest BCUT2D eigenvalue weighted by Gasteiger charge is -2.40. The number of nitrogens with one attached hydrogen (secondary N) is 2. The highest BCUT2D eigenvalue weighted by Gasteiger charge is 2.30. The molecular weight excluding hydrogens is 384 g/mol. The van der Waals surface area contributed by atoms with Gasteiger partial charge in [0.05, 0.1) is 6.20 Å². The molecular formula is C22H33ClN6. The number of piperidine rings is 1. The number of likely N-dealkylation sites (tertiary alicyclic amines) is 1. The van der Waals surface area contributed by atoms with Crippen LogP contribution in [-0.4, -0.2) is 54.4 Å². The van der Waals surface area contributed by atoms with E-state index in [0.29, 0.717) is 12.0 Å². The maximum Gasteiger partial charge on any atom is 0.190 e. The summed E-state index contributed by atoms with van der Waals surface area (Å²) in [5.41, 5.74) is 2.57. The Balaban J connectivity index is 1.50. The molecule has 1 aromatic heterocycles. The average molecular weight is 417 g/mol. The number of hydrogen-bond acceptors (Lipinski definition) is 3. The summed E-state index contributed by atoms with van der Waals surface area (Å²) in [6, 6.07) is 8.66. The summed E-state index contributed by atoms with van der Waals surface area (Å²) in [4.78, 5) is 6.85. The van der Waals surface area contributed by atoms with Crippen LogP contribution < -0.4 is 10.6 Å². The molecule has 0 aliphatic carbocycles. The molecule has 29 heavy (non-hydrogen) atoms. The van der Waals surface area contributed by atoms with Gasteiger partial charge in [-0.05, 0) is 68.5 Å². The zero-order valence-corrected chi connectivity index (χ0v) is 18.5. The normalized spacial score (nSPS) is 20.6. The molecule has 6 nitrogen and oxygen atoms in total. The largest absolute Gasteiger partial charge is 0.356 e. The van der Waals surface area contributed by atoms with Crippen molar-refractivity contribution in [3.8, 4) is 0 Å². The molecule has 7 heteroatoms. The zero-order valence-electron chi connectivity index (χ0n) is 17.7. The standard InChI is InChI=1S/C22H33ClN6/c1-24-22(25-11-5-7-17-14-27-29(3)16-17)26-15-19-9-6-12-28(2)21(19)18-8-4-10-20(23)13-18/h4,8,10,13-14,16,19,21H,5-7,9,11-12,15H2,1-3H3,(H2,24,25,26). The summed E-state index contributed by atoms with van der Waals surface area (Å²) >= 11 is 6.26. The summed E-state index contributed by atoms with van der Waals surface area (Å²) in [5.74, 6) is 1.38. The van der Waals surface area contributed by atoms with Crippen LogP contribution in [0.15, 0.2) is 41.7 Å². The summed E-state index contributed by atoms with van der Waals surface area (Å²) in [7, 11) is 5.99. The SMILES string of the molecule is CN=C(NCCCc1cnn(C)c1)NCC1CCCN(C)C1c1cccc(Cl)c1. The van der Waals surface area contributed by atoms with E-state index in [2.05, 4.69) is 51.0 Å². The maximum atomic E-state index is 6.26. The van der Waals surface area contributed by atoms with Crippen molar-refractivity contribution in [3.63, 3.8) is 0 Å². The lowest BCUT2D eigenvalue weighted by atomic mass is 9.85. The van der Waals surface area contributed by atoms with Gasteiger partial charge in [0.1, 0.15) is 0 Å². The Labute approximate surface area is 179 Å². The molecule has 1 saturated heterocycles. The summed E-state index contributed by atoms with van der Waals surface area (Å²) in [6.45, 7) is 2.90. The van der Waals surface area contributed by atoms with E-state index in [-0.39, 0.29) is 0 Å². The first-order valence-corrected chi connectivity index (χ1v) is 10.8. The lowest BCUT2D eigenvalue weighted by molar-refractivity contribution is 0.122. The number of hydrogen-bond donors (Lipinski definition) is 2. The molecule has 1 aliphatic heterocycles. The van der Waals surface area contributed by atoms with Gasteiger partial charge in [-0.25, -0.2) is 0 Å². The highest BCUT2D eigenvalue weighted by atomic mass is 35.5. The second-order valence-corrected chi connectivity index (χ2v) is 8.32. The topological polar surface area (TPSA) is 57.5 Å². The van der Waals surface area contributed by atoms with Crippen LogP contribution in [-0.2, 0) is 13.5 Å². The number of aryl methyl sites for hydroxylation is 2. The van der Waals surface area contributed by atoms with Gasteiger partial charge in [-0.1, -0.05) is 23.7 Å². The van der Waals surface area contributed by atoms with E-state index in [1.54, 1.807) is 0 Å². The molecule has 2 atom stereocenters. The molecule has 0 saturated carbocycles. The first-order valence-electron chi connectivity index (χ1n) is 10.4. The molecule has 2 N–H and O–H groups in total. The fourth-order valence-electron chi connectivity index (χ4n) is 4.24. The first kappa shape index (κ1) is 21.7. The Morgan fingerprint density at radius 2 is 2.17 bits per heavy atom.